The highest BCUT2D eigenvalue weighted by Gasteiger charge is 2.60. The van der Waals surface area contributed by atoms with Gasteiger partial charge in [0.25, 0.3) is 0 Å². The summed E-state index contributed by atoms with van der Waals surface area (Å²) in [4.78, 5) is 3.63. The number of aliphatic hydroxyl groups is 1. The van der Waals surface area contributed by atoms with E-state index in [0.717, 1.165) is 23.0 Å². The zero-order valence-corrected chi connectivity index (χ0v) is 13.0. The van der Waals surface area contributed by atoms with Crippen LogP contribution in [0.15, 0.2) is 29.6 Å². The van der Waals surface area contributed by atoms with E-state index in [9.17, 15) is 31.4 Å². The van der Waals surface area contributed by atoms with Gasteiger partial charge in [0.1, 0.15) is 23.0 Å². The van der Waals surface area contributed by atoms with Crippen LogP contribution in [-0.2, 0) is 3.07 Å². The molecule has 0 aromatic carbocycles. The van der Waals surface area contributed by atoms with Crippen LogP contribution in [0.1, 0.15) is 0 Å². The van der Waals surface area contributed by atoms with Gasteiger partial charge in [-0.15, -0.1) is 0 Å². The third-order valence-corrected chi connectivity index (χ3v) is 3.61. The number of hydrazone groups is 1. The van der Waals surface area contributed by atoms with Crippen molar-refractivity contribution < 1.29 is 34.5 Å². The number of nitrogens with zero attached hydrogens (tertiary/aromatic N) is 3. The second-order valence-corrected chi connectivity index (χ2v) is 5.03. The molecule has 0 saturated heterocycles. The number of alkyl halides is 6. The molecule has 128 valence electrons. The molecule has 5 nitrogen and oxygen atoms in total. The topological polar surface area (TPSA) is 58.0 Å². The molecule has 2 heterocycles. The summed E-state index contributed by atoms with van der Waals surface area (Å²) in [5.41, 5.74) is -1.80. The molecule has 1 aromatic rings. The third kappa shape index (κ3) is 3.68. The zero-order valence-electron chi connectivity index (χ0n) is 10.9. The van der Waals surface area contributed by atoms with Crippen LogP contribution in [0.4, 0.5) is 32.0 Å². The van der Waals surface area contributed by atoms with Crippen molar-refractivity contribution in [2.24, 2.45) is 11.0 Å². The normalized spacial score (nSPS) is 23.8. The van der Waals surface area contributed by atoms with Crippen molar-refractivity contribution in [2.45, 2.75) is 24.7 Å². The lowest BCUT2D eigenvalue weighted by atomic mass is 9.94. The van der Waals surface area contributed by atoms with Gasteiger partial charge in [-0.3, -0.25) is 4.98 Å². The van der Waals surface area contributed by atoms with Gasteiger partial charge in [0.2, 0.25) is 0 Å². The van der Waals surface area contributed by atoms with Gasteiger partial charge in [0.05, 0.1) is 11.6 Å². The third-order valence-electron chi connectivity index (χ3n) is 3.07. The van der Waals surface area contributed by atoms with Gasteiger partial charge in [0, 0.05) is 12.4 Å². The quantitative estimate of drug-likeness (QED) is 0.563. The number of pyridine rings is 1. The van der Waals surface area contributed by atoms with Crippen LogP contribution in [-0.4, -0.2) is 40.5 Å². The van der Waals surface area contributed by atoms with Crippen molar-refractivity contribution in [1.82, 2.24) is 4.98 Å². The maximum atomic E-state index is 13.1. The molecule has 0 bridgehead atoms. The molecule has 2 rings (SSSR count). The maximum Gasteiger partial charge on any atom is 0.431 e. The fraction of sp³-hybridized carbons (Fsp3) is 0.455. The predicted octanol–water partition coefficient (Wildman–Crippen LogP) is 3.05. The maximum absolute atomic E-state index is 13.1. The number of aromatic nitrogens is 1. The number of rotatable bonds is 3. The second kappa shape index (κ2) is 6.39. The van der Waals surface area contributed by atoms with E-state index in [2.05, 4.69) is 13.2 Å². The van der Waals surface area contributed by atoms with E-state index in [0.29, 0.717) is 5.01 Å². The van der Waals surface area contributed by atoms with E-state index in [-0.39, 0.29) is 5.69 Å². The number of hydrogen-bond donors (Lipinski definition) is 1. The molecule has 1 aliphatic heterocycles. The zero-order chi connectivity index (χ0) is 17.4. The van der Waals surface area contributed by atoms with E-state index in [1.807, 2.05) is 0 Å². The van der Waals surface area contributed by atoms with Crippen molar-refractivity contribution in [3.05, 3.63) is 24.5 Å². The standard InChI is InChI=1S/C11H8F6IN3O2/c12-10(13,14)7-6(8(23-18)11(15,16)17)9(22)21(20-7)5-1-3-19-4-2-5/h1-4,6,8-9,22H. The van der Waals surface area contributed by atoms with Crippen molar-refractivity contribution in [2.75, 3.05) is 5.01 Å². The summed E-state index contributed by atoms with van der Waals surface area (Å²) in [6.07, 6.45) is -12.9. The van der Waals surface area contributed by atoms with E-state index < -0.39 is 36.3 Å². The van der Waals surface area contributed by atoms with Crippen LogP contribution in [0.25, 0.3) is 0 Å². The average molecular weight is 455 g/mol. The lowest BCUT2D eigenvalue weighted by molar-refractivity contribution is -0.203. The largest absolute Gasteiger partial charge is 0.431 e. The number of anilines is 1. The fourth-order valence-electron chi connectivity index (χ4n) is 2.10. The second-order valence-electron chi connectivity index (χ2n) is 4.52. The van der Waals surface area contributed by atoms with Crippen LogP contribution in [0.5, 0.6) is 0 Å². The molecular weight excluding hydrogens is 447 g/mol. The molecule has 1 aromatic heterocycles. The molecule has 0 amide bonds. The van der Waals surface area contributed by atoms with Crippen molar-refractivity contribution in [3.63, 3.8) is 0 Å². The van der Waals surface area contributed by atoms with Crippen molar-refractivity contribution in [3.8, 4) is 0 Å². The molecule has 0 radical (unpaired) electrons. The average Bonchev–Trinajstić information content (AvgIpc) is 2.77. The molecular formula is C11H8F6IN3O2. The molecule has 1 aliphatic rings. The van der Waals surface area contributed by atoms with E-state index in [1.54, 1.807) is 0 Å². The Kier molecular flexibility index (Phi) is 5.06. The van der Waals surface area contributed by atoms with Gasteiger partial charge < -0.3 is 8.17 Å². The Labute approximate surface area is 139 Å². The Morgan fingerprint density at radius 3 is 2.17 bits per heavy atom. The Hall–Kier alpha value is -1.15. The minimum atomic E-state index is -5.16. The Morgan fingerprint density at radius 1 is 1.17 bits per heavy atom. The monoisotopic (exact) mass is 455 g/mol. The first kappa shape index (κ1) is 18.2. The smallest absolute Gasteiger partial charge is 0.371 e. The van der Waals surface area contributed by atoms with Crippen LogP contribution in [0, 0.1) is 5.92 Å². The van der Waals surface area contributed by atoms with Crippen LogP contribution < -0.4 is 5.01 Å². The minimum Gasteiger partial charge on any atom is -0.371 e. The van der Waals surface area contributed by atoms with Gasteiger partial charge in [-0.2, -0.15) is 31.4 Å². The summed E-state index contributed by atoms with van der Waals surface area (Å²) in [7, 11) is 0. The number of hydrogen-bond acceptors (Lipinski definition) is 5. The first-order valence-electron chi connectivity index (χ1n) is 5.94. The molecule has 12 heteroatoms. The predicted molar refractivity (Wildman–Crippen MR) is 74.7 cm³/mol. The molecule has 0 saturated carbocycles. The summed E-state index contributed by atoms with van der Waals surface area (Å²) in [5.74, 6) is -2.44. The van der Waals surface area contributed by atoms with Crippen molar-refractivity contribution in [1.29, 1.82) is 0 Å². The van der Waals surface area contributed by atoms with Crippen LogP contribution in [0.2, 0.25) is 0 Å². The van der Waals surface area contributed by atoms with Crippen LogP contribution >= 0.6 is 23.0 Å². The van der Waals surface area contributed by atoms with Gasteiger partial charge in [-0.1, -0.05) is 0 Å². The summed E-state index contributed by atoms with van der Waals surface area (Å²) < 4.78 is 82.1. The minimum absolute atomic E-state index is 0.0360. The van der Waals surface area contributed by atoms with Crippen LogP contribution in [0.3, 0.4) is 0 Å². The first-order valence-corrected chi connectivity index (χ1v) is 6.82. The lowest BCUT2D eigenvalue weighted by Crippen LogP contribution is -2.49. The highest BCUT2D eigenvalue weighted by atomic mass is 127. The Bertz CT molecular complexity index is 579. The fourth-order valence-corrected chi connectivity index (χ4v) is 2.70. The van der Waals surface area contributed by atoms with E-state index in [4.69, 9.17) is 0 Å². The Morgan fingerprint density at radius 2 is 1.74 bits per heavy atom. The van der Waals surface area contributed by atoms with Gasteiger partial charge in [-0.05, 0) is 12.1 Å². The summed E-state index contributed by atoms with van der Waals surface area (Å²) in [6, 6.07) is 2.41. The van der Waals surface area contributed by atoms with Crippen molar-refractivity contribution >= 4 is 34.4 Å². The summed E-state index contributed by atoms with van der Waals surface area (Å²) >= 11 is 0.852. The Balaban J connectivity index is 2.48. The van der Waals surface area contributed by atoms with Gasteiger partial charge in [-0.25, -0.2) is 5.01 Å². The molecule has 3 unspecified atom stereocenters. The molecule has 1 N–H and O–H groups in total. The molecule has 0 aliphatic carbocycles. The number of aliphatic hydroxyl groups excluding tert-OH is 1. The number of halogens is 7. The van der Waals surface area contributed by atoms with E-state index >= 15 is 0 Å². The summed E-state index contributed by atoms with van der Waals surface area (Å²) in [5, 5.41) is 13.6. The molecule has 0 fully saturated rings. The SMILES string of the molecule is OC1C(C(OI)C(F)(F)F)C(C(F)(F)F)=NN1c1ccncc1. The molecule has 3 atom stereocenters. The van der Waals surface area contributed by atoms with Gasteiger partial charge in [0.15, 0.2) is 18.0 Å². The van der Waals surface area contributed by atoms with E-state index in [1.165, 1.54) is 24.5 Å². The molecule has 0 spiro atoms. The molecule has 23 heavy (non-hydrogen) atoms. The lowest BCUT2D eigenvalue weighted by Gasteiger charge is -2.29. The highest BCUT2D eigenvalue weighted by molar-refractivity contribution is 14.1. The summed E-state index contributed by atoms with van der Waals surface area (Å²) in [6.45, 7) is 0. The van der Waals surface area contributed by atoms with Gasteiger partial charge >= 0.3 is 12.4 Å². The first-order chi connectivity index (χ1) is 10.6. The highest BCUT2D eigenvalue weighted by Crippen LogP contribution is 2.41.